The lowest BCUT2D eigenvalue weighted by Crippen LogP contribution is -2.41. The van der Waals surface area contributed by atoms with E-state index in [1.807, 2.05) is 0 Å². The minimum Gasteiger partial charge on any atom is -0.492 e. The Labute approximate surface area is 151 Å². The highest BCUT2D eigenvalue weighted by atomic mass is 32.2. The van der Waals surface area contributed by atoms with Gasteiger partial charge in [-0.05, 0) is 31.6 Å². The molecular weight excluding hydrogens is 362 g/mol. The van der Waals surface area contributed by atoms with Gasteiger partial charge >= 0.3 is 5.97 Å². The summed E-state index contributed by atoms with van der Waals surface area (Å²) in [6.45, 7) is 2.86. The Bertz CT molecular complexity index is 812. The van der Waals surface area contributed by atoms with Gasteiger partial charge in [-0.2, -0.15) is 0 Å². The molecule has 3 rings (SSSR count). The zero-order chi connectivity index (χ0) is 18.8. The maximum absolute atomic E-state index is 12.9. The summed E-state index contributed by atoms with van der Waals surface area (Å²) in [7, 11) is -4.01. The maximum Gasteiger partial charge on any atom is 0.332 e. The van der Waals surface area contributed by atoms with Gasteiger partial charge in [0.1, 0.15) is 11.0 Å². The van der Waals surface area contributed by atoms with Crippen LogP contribution in [-0.4, -0.2) is 50.4 Å². The van der Waals surface area contributed by atoms with E-state index in [0.29, 0.717) is 25.6 Å². The summed E-state index contributed by atoms with van der Waals surface area (Å²) < 4.78 is 44.6. The molecule has 2 aliphatic rings. The van der Waals surface area contributed by atoms with Gasteiger partial charge in [-0.15, -0.1) is 0 Å². The highest BCUT2D eigenvalue weighted by Gasteiger charge is 2.45. The van der Waals surface area contributed by atoms with Crippen LogP contribution in [-0.2, 0) is 24.3 Å². The average molecular weight is 383 g/mol. The summed E-state index contributed by atoms with van der Waals surface area (Å²) in [5.74, 6) is -2.06. The third-order valence-electron chi connectivity index (χ3n) is 4.31. The summed E-state index contributed by atoms with van der Waals surface area (Å²) in [6.07, 6.45) is 1.62. The highest BCUT2D eigenvalue weighted by molar-refractivity contribution is 7.93. The molecule has 142 valence electrons. The van der Waals surface area contributed by atoms with Gasteiger partial charge in [0.05, 0.1) is 31.1 Å². The number of hydrogen-bond donors (Lipinski definition) is 2. The maximum atomic E-state index is 12.9. The molecular formula is C17H21NO7S. The Balaban J connectivity index is 1.90. The fraction of sp³-hybridized carbons (Fsp3) is 0.471. The molecule has 26 heavy (non-hydrogen) atoms. The summed E-state index contributed by atoms with van der Waals surface area (Å²) in [5, 5.41) is 8.31. The molecule has 1 aliphatic carbocycles. The summed E-state index contributed by atoms with van der Waals surface area (Å²) >= 11 is 0. The van der Waals surface area contributed by atoms with Gasteiger partial charge in [-0.1, -0.05) is 12.1 Å². The van der Waals surface area contributed by atoms with Gasteiger partial charge < -0.3 is 19.3 Å². The van der Waals surface area contributed by atoms with E-state index in [0.717, 1.165) is 0 Å². The Morgan fingerprint density at radius 2 is 2.04 bits per heavy atom. The first-order chi connectivity index (χ1) is 12.4. The molecule has 1 aromatic carbocycles. The largest absolute Gasteiger partial charge is 0.492 e. The molecule has 1 fully saturated rings. The Morgan fingerprint density at radius 1 is 1.35 bits per heavy atom. The Hall–Kier alpha value is -2.10. The third-order valence-corrected chi connectivity index (χ3v) is 6.06. The smallest absolute Gasteiger partial charge is 0.332 e. The van der Waals surface area contributed by atoms with Crippen LogP contribution in [0.2, 0.25) is 0 Å². The van der Waals surface area contributed by atoms with Crippen LogP contribution < -0.4 is 9.46 Å². The van der Waals surface area contributed by atoms with E-state index < -0.39 is 27.0 Å². The number of para-hydroxylation sites is 2. The fourth-order valence-electron chi connectivity index (χ4n) is 3.17. The minimum absolute atomic E-state index is 0.0737. The number of nitrogens with one attached hydrogen (secondary N) is 1. The van der Waals surface area contributed by atoms with Crippen molar-refractivity contribution in [3.63, 3.8) is 0 Å². The predicted molar refractivity (Wildman–Crippen MR) is 93.5 cm³/mol. The van der Waals surface area contributed by atoms with Crippen molar-refractivity contribution in [1.82, 2.24) is 0 Å². The van der Waals surface area contributed by atoms with E-state index in [4.69, 9.17) is 14.2 Å². The molecule has 9 heteroatoms. The molecule has 1 aromatic rings. The number of carboxylic acids is 1. The van der Waals surface area contributed by atoms with Crippen molar-refractivity contribution in [3.05, 3.63) is 35.9 Å². The number of benzene rings is 1. The van der Waals surface area contributed by atoms with Crippen LogP contribution in [0.4, 0.5) is 5.69 Å². The standard InChI is InChI=1S/C17H21NO7S/c1-2-23-14-6-4-3-5-13(14)18-26(21,22)15-7-8-17(24-9-10-25-17)11-12(15)16(19)20/h3-6,11,15,18H,2,7-10H2,1H3,(H,19,20). The average Bonchev–Trinajstić information content (AvgIpc) is 3.04. The van der Waals surface area contributed by atoms with Crippen molar-refractivity contribution in [1.29, 1.82) is 0 Å². The zero-order valence-electron chi connectivity index (χ0n) is 14.3. The van der Waals surface area contributed by atoms with Crippen LogP contribution >= 0.6 is 0 Å². The first kappa shape index (κ1) is 18.7. The molecule has 2 N–H and O–H groups in total. The third kappa shape index (κ3) is 3.69. The second kappa shape index (κ2) is 7.26. The molecule has 0 bridgehead atoms. The number of carboxylic acid groups (broad SMARTS) is 1. The quantitative estimate of drug-likeness (QED) is 0.770. The lowest BCUT2D eigenvalue weighted by Gasteiger charge is -2.32. The normalized spacial score (nSPS) is 22.0. The molecule has 1 spiro atoms. The van der Waals surface area contributed by atoms with Crippen molar-refractivity contribution in [3.8, 4) is 5.75 Å². The molecule has 0 aromatic heterocycles. The van der Waals surface area contributed by atoms with E-state index in [1.165, 1.54) is 6.08 Å². The van der Waals surface area contributed by atoms with Gasteiger partial charge in [0, 0.05) is 6.42 Å². The van der Waals surface area contributed by atoms with Gasteiger partial charge in [0.15, 0.2) is 5.79 Å². The van der Waals surface area contributed by atoms with Crippen molar-refractivity contribution in [2.75, 3.05) is 24.5 Å². The number of anilines is 1. The van der Waals surface area contributed by atoms with E-state index >= 15 is 0 Å². The summed E-state index contributed by atoms with van der Waals surface area (Å²) in [5.41, 5.74) is 0.0206. The van der Waals surface area contributed by atoms with Crippen molar-refractivity contribution in [2.45, 2.75) is 30.8 Å². The molecule has 1 atom stereocenters. The van der Waals surface area contributed by atoms with E-state index in [9.17, 15) is 18.3 Å². The number of rotatable bonds is 6. The van der Waals surface area contributed by atoms with Crippen LogP contribution in [0.25, 0.3) is 0 Å². The van der Waals surface area contributed by atoms with Crippen molar-refractivity contribution < 1.29 is 32.5 Å². The van der Waals surface area contributed by atoms with Crippen LogP contribution in [0, 0.1) is 0 Å². The van der Waals surface area contributed by atoms with Gasteiger partial charge in [-0.3, -0.25) is 4.72 Å². The van der Waals surface area contributed by atoms with Crippen molar-refractivity contribution >= 4 is 21.7 Å². The van der Waals surface area contributed by atoms with Crippen molar-refractivity contribution in [2.24, 2.45) is 0 Å². The second-order valence-corrected chi connectivity index (χ2v) is 7.88. The first-order valence-corrected chi connectivity index (χ1v) is 9.89. The molecule has 1 aliphatic heterocycles. The zero-order valence-corrected chi connectivity index (χ0v) is 15.1. The monoisotopic (exact) mass is 383 g/mol. The number of hydrogen-bond acceptors (Lipinski definition) is 6. The SMILES string of the molecule is CCOc1ccccc1NS(=O)(=O)C1CCC2(C=C1C(=O)O)OCCO2. The number of ether oxygens (including phenoxy) is 3. The predicted octanol–water partition coefficient (Wildman–Crippen LogP) is 1.74. The van der Waals surface area contributed by atoms with Crippen LogP contribution in [0.1, 0.15) is 19.8 Å². The van der Waals surface area contributed by atoms with E-state index in [2.05, 4.69) is 4.72 Å². The van der Waals surface area contributed by atoms with Gasteiger partial charge in [0.2, 0.25) is 10.0 Å². The molecule has 0 saturated carbocycles. The van der Waals surface area contributed by atoms with E-state index in [-0.39, 0.29) is 24.1 Å². The minimum atomic E-state index is -4.01. The summed E-state index contributed by atoms with van der Waals surface area (Å²) in [4.78, 5) is 11.7. The Kier molecular flexibility index (Phi) is 5.22. The lowest BCUT2D eigenvalue weighted by atomic mass is 9.94. The molecule has 8 nitrogen and oxygen atoms in total. The summed E-state index contributed by atoms with van der Waals surface area (Å²) in [6, 6.07) is 6.61. The van der Waals surface area contributed by atoms with Crippen LogP contribution in [0.5, 0.6) is 5.75 Å². The van der Waals surface area contributed by atoms with Gasteiger partial charge in [0.25, 0.3) is 0 Å². The fourth-order valence-corrected chi connectivity index (χ4v) is 4.72. The first-order valence-electron chi connectivity index (χ1n) is 8.34. The highest BCUT2D eigenvalue weighted by Crippen LogP contribution is 2.37. The van der Waals surface area contributed by atoms with Gasteiger partial charge in [-0.25, -0.2) is 13.2 Å². The number of carbonyl (C=O) groups is 1. The number of sulfonamides is 1. The lowest BCUT2D eigenvalue weighted by molar-refractivity contribution is -0.138. The Morgan fingerprint density at radius 3 is 2.69 bits per heavy atom. The van der Waals surface area contributed by atoms with E-state index in [1.54, 1.807) is 31.2 Å². The number of aliphatic carboxylic acids is 1. The van der Waals surface area contributed by atoms with Crippen LogP contribution in [0.15, 0.2) is 35.9 Å². The molecule has 0 radical (unpaired) electrons. The molecule has 0 amide bonds. The second-order valence-electron chi connectivity index (χ2n) is 6.02. The molecule has 1 saturated heterocycles. The molecule has 1 unspecified atom stereocenters. The molecule has 1 heterocycles. The van der Waals surface area contributed by atoms with Crippen LogP contribution in [0.3, 0.4) is 0 Å². The topological polar surface area (TPSA) is 111 Å².